The standard InChI is InChI=1S/C14H19N3O4/c18-13-6-5-11(17(20)21)9-12(13)16-14(19)7-4-10-3-1-2-8-15-10/h5-6,9-10,15,18H,1-4,7-8H2,(H,16,19). The molecule has 7 nitrogen and oxygen atoms in total. The number of hydrogen-bond acceptors (Lipinski definition) is 5. The van der Waals surface area contributed by atoms with E-state index in [9.17, 15) is 20.0 Å². The number of piperidine rings is 1. The molecule has 0 aliphatic carbocycles. The van der Waals surface area contributed by atoms with Crippen LogP contribution < -0.4 is 10.6 Å². The number of nitro groups is 1. The number of amides is 1. The molecule has 0 spiro atoms. The molecule has 2 rings (SSSR count). The number of nitro benzene ring substituents is 1. The Labute approximate surface area is 122 Å². The van der Waals surface area contributed by atoms with Gasteiger partial charge in [-0.3, -0.25) is 14.9 Å². The number of carbonyl (C=O) groups excluding carboxylic acids is 1. The van der Waals surface area contributed by atoms with Crippen LogP contribution in [-0.4, -0.2) is 28.5 Å². The molecule has 1 amide bonds. The summed E-state index contributed by atoms with van der Waals surface area (Å²) in [6.45, 7) is 0.984. The molecule has 114 valence electrons. The van der Waals surface area contributed by atoms with Gasteiger partial charge in [-0.05, 0) is 31.9 Å². The van der Waals surface area contributed by atoms with E-state index in [0.717, 1.165) is 25.5 Å². The molecule has 1 aromatic rings. The van der Waals surface area contributed by atoms with E-state index < -0.39 is 4.92 Å². The Bertz CT molecular complexity index is 527. The van der Waals surface area contributed by atoms with Crippen molar-refractivity contribution in [2.75, 3.05) is 11.9 Å². The molecular formula is C14H19N3O4. The van der Waals surface area contributed by atoms with Gasteiger partial charge < -0.3 is 15.7 Å². The smallest absolute Gasteiger partial charge is 0.271 e. The Morgan fingerprint density at radius 1 is 1.48 bits per heavy atom. The topological polar surface area (TPSA) is 104 Å². The highest BCUT2D eigenvalue weighted by Gasteiger charge is 2.16. The van der Waals surface area contributed by atoms with Crippen LogP contribution in [0.25, 0.3) is 0 Å². The van der Waals surface area contributed by atoms with Gasteiger partial charge in [0.1, 0.15) is 5.75 Å². The van der Waals surface area contributed by atoms with Crippen LogP contribution >= 0.6 is 0 Å². The average Bonchev–Trinajstić information content (AvgIpc) is 2.48. The second kappa shape index (κ2) is 7.03. The Morgan fingerprint density at radius 3 is 2.95 bits per heavy atom. The highest BCUT2D eigenvalue weighted by Crippen LogP contribution is 2.28. The van der Waals surface area contributed by atoms with Crippen LogP contribution in [0, 0.1) is 10.1 Å². The van der Waals surface area contributed by atoms with Crippen LogP contribution in [0.1, 0.15) is 32.1 Å². The van der Waals surface area contributed by atoms with Gasteiger partial charge in [0.2, 0.25) is 5.91 Å². The highest BCUT2D eigenvalue weighted by atomic mass is 16.6. The van der Waals surface area contributed by atoms with Crippen LogP contribution in [0.15, 0.2) is 18.2 Å². The summed E-state index contributed by atoms with van der Waals surface area (Å²) in [6.07, 6.45) is 4.45. The maximum absolute atomic E-state index is 11.9. The van der Waals surface area contributed by atoms with E-state index in [1.54, 1.807) is 0 Å². The minimum atomic E-state index is -0.568. The van der Waals surface area contributed by atoms with Gasteiger partial charge in [-0.25, -0.2) is 0 Å². The summed E-state index contributed by atoms with van der Waals surface area (Å²) in [5.74, 6) is -0.428. The molecule has 0 aromatic heterocycles. The van der Waals surface area contributed by atoms with Gasteiger partial charge in [0, 0.05) is 24.6 Å². The summed E-state index contributed by atoms with van der Waals surface area (Å²) in [7, 11) is 0. The molecule has 21 heavy (non-hydrogen) atoms. The number of rotatable bonds is 5. The molecule has 7 heteroatoms. The molecule has 1 atom stereocenters. The molecule has 1 unspecified atom stereocenters. The van der Waals surface area contributed by atoms with Gasteiger partial charge in [0.15, 0.2) is 0 Å². The van der Waals surface area contributed by atoms with E-state index in [1.807, 2.05) is 0 Å². The lowest BCUT2D eigenvalue weighted by atomic mass is 10.0. The van der Waals surface area contributed by atoms with Gasteiger partial charge in [0.25, 0.3) is 5.69 Å². The number of hydrogen-bond donors (Lipinski definition) is 3. The number of nitrogens with zero attached hydrogens (tertiary/aromatic N) is 1. The van der Waals surface area contributed by atoms with Gasteiger partial charge in [0.05, 0.1) is 10.6 Å². The van der Waals surface area contributed by atoms with E-state index in [-0.39, 0.29) is 23.0 Å². The summed E-state index contributed by atoms with van der Waals surface area (Å²) in [6, 6.07) is 3.91. The zero-order valence-electron chi connectivity index (χ0n) is 11.7. The third-order valence-corrected chi connectivity index (χ3v) is 3.60. The molecule has 1 fully saturated rings. The minimum absolute atomic E-state index is 0.0748. The van der Waals surface area contributed by atoms with Crippen LogP contribution in [0.4, 0.5) is 11.4 Å². The van der Waals surface area contributed by atoms with E-state index in [0.29, 0.717) is 12.5 Å². The van der Waals surface area contributed by atoms with Crippen molar-refractivity contribution < 1.29 is 14.8 Å². The predicted octanol–water partition coefficient (Wildman–Crippen LogP) is 2.16. The van der Waals surface area contributed by atoms with Crippen molar-refractivity contribution in [2.24, 2.45) is 0 Å². The molecule has 1 aromatic carbocycles. The quantitative estimate of drug-likeness (QED) is 0.438. The molecule has 1 aliphatic rings. The van der Waals surface area contributed by atoms with Gasteiger partial charge in [-0.1, -0.05) is 6.42 Å². The fraction of sp³-hybridized carbons (Fsp3) is 0.500. The second-order valence-corrected chi connectivity index (χ2v) is 5.19. The number of phenols is 1. The monoisotopic (exact) mass is 293 g/mol. The van der Waals surface area contributed by atoms with Crippen LogP contribution in [-0.2, 0) is 4.79 Å². The van der Waals surface area contributed by atoms with Crippen molar-refractivity contribution in [1.82, 2.24) is 5.32 Å². The van der Waals surface area contributed by atoms with E-state index in [2.05, 4.69) is 10.6 Å². The lowest BCUT2D eigenvalue weighted by molar-refractivity contribution is -0.384. The van der Waals surface area contributed by atoms with E-state index >= 15 is 0 Å². The zero-order valence-corrected chi connectivity index (χ0v) is 11.7. The first kappa shape index (κ1) is 15.2. The number of anilines is 1. The van der Waals surface area contributed by atoms with Gasteiger partial charge >= 0.3 is 0 Å². The fourth-order valence-electron chi connectivity index (χ4n) is 2.43. The van der Waals surface area contributed by atoms with Crippen molar-refractivity contribution in [3.8, 4) is 5.75 Å². The highest BCUT2D eigenvalue weighted by molar-refractivity contribution is 5.92. The third kappa shape index (κ3) is 4.42. The molecule has 1 aliphatic heterocycles. The first-order valence-corrected chi connectivity index (χ1v) is 7.07. The lowest BCUT2D eigenvalue weighted by Crippen LogP contribution is -2.34. The van der Waals surface area contributed by atoms with Crippen LogP contribution in [0.2, 0.25) is 0 Å². The Hall–Kier alpha value is -2.15. The molecule has 1 heterocycles. The Morgan fingerprint density at radius 2 is 2.29 bits per heavy atom. The summed E-state index contributed by atoms with van der Waals surface area (Å²) in [4.78, 5) is 22.0. The van der Waals surface area contributed by atoms with E-state index in [4.69, 9.17) is 0 Å². The SMILES string of the molecule is O=C(CCC1CCCCN1)Nc1cc([N+](=O)[O-])ccc1O. The number of non-ortho nitro benzene ring substituents is 1. The van der Waals surface area contributed by atoms with Crippen molar-refractivity contribution in [1.29, 1.82) is 0 Å². The minimum Gasteiger partial charge on any atom is -0.506 e. The normalized spacial score (nSPS) is 18.2. The Balaban J connectivity index is 1.89. The lowest BCUT2D eigenvalue weighted by Gasteiger charge is -2.23. The number of aromatic hydroxyl groups is 1. The second-order valence-electron chi connectivity index (χ2n) is 5.19. The number of carbonyl (C=O) groups is 1. The summed E-state index contributed by atoms with van der Waals surface area (Å²) in [5, 5.41) is 26.2. The van der Waals surface area contributed by atoms with Crippen molar-refractivity contribution in [3.05, 3.63) is 28.3 Å². The number of phenolic OH excluding ortho intramolecular Hbond substituents is 1. The molecule has 3 N–H and O–H groups in total. The molecular weight excluding hydrogens is 274 g/mol. The fourth-order valence-corrected chi connectivity index (χ4v) is 2.43. The van der Waals surface area contributed by atoms with Gasteiger partial charge in [-0.15, -0.1) is 0 Å². The largest absolute Gasteiger partial charge is 0.506 e. The zero-order chi connectivity index (χ0) is 15.2. The predicted molar refractivity (Wildman–Crippen MR) is 78.3 cm³/mol. The van der Waals surface area contributed by atoms with Crippen molar-refractivity contribution >= 4 is 17.3 Å². The molecule has 0 saturated carbocycles. The van der Waals surface area contributed by atoms with Gasteiger partial charge in [-0.2, -0.15) is 0 Å². The first-order chi connectivity index (χ1) is 10.1. The van der Waals surface area contributed by atoms with E-state index in [1.165, 1.54) is 25.0 Å². The van der Waals surface area contributed by atoms with Crippen molar-refractivity contribution in [3.63, 3.8) is 0 Å². The third-order valence-electron chi connectivity index (χ3n) is 3.60. The summed E-state index contributed by atoms with van der Waals surface area (Å²) >= 11 is 0. The summed E-state index contributed by atoms with van der Waals surface area (Å²) < 4.78 is 0. The number of benzene rings is 1. The van der Waals surface area contributed by atoms with Crippen molar-refractivity contribution in [2.45, 2.75) is 38.1 Å². The maximum atomic E-state index is 11.9. The Kier molecular flexibility index (Phi) is 5.10. The first-order valence-electron chi connectivity index (χ1n) is 7.07. The molecule has 1 saturated heterocycles. The van der Waals surface area contributed by atoms with Crippen LogP contribution in [0.3, 0.4) is 0 Å². The summed E-state index contributed by atoms with van der Waals surface area (Å²) in [5.41, 5.74) is -0.0946. The number of nitrogens with one attached hydrogen (secondary N) is 2. The van der Waals surface area contributed by atoms with Crippen LogP contribution in [0.5, 0.6) is 5.75 Å². The molecule has 0 bridgehead atoms. The average molecular weight is 293 g/mol. The molecule has 0 radical (unpaired) electrons. The maximum Gasteiger partial charge on any atom is 0.271 e.